The lowest BCUT2D eigenvalue weighted by atomic mass is 10.1. The molecule has 0 saturated carbocycles. The van der Waals surface area contributed by atoms with E-state index in [0.29, 0.717) is 17.8 Å². The van der Waals surface area contributed by atoms with Crippen molar-refractivity contribution >= 4 is 22.6 Å². The average molecular weight is 276 g/mol. The number of H-pyrrole nitrogens is 1. The van der Waals surface area contributed by atoms with Crippen LogP contribution in [0.4, 0.5) is 5.69 Å². The summed E-state index contributed by atoms with van der Waals surface area (Å²) in [6.45, 7) is 0. The van der Waals surface area contributed by atoms with Gasteiger partial charge in [-0.3, -0.25) is 9.78 Å². The molecule has 1 amide bonds. The third-order valence-corrected chi connectivity index (χ3v) is 3.13. The maximum atomic E-state index is 12.2. The highest BCUT2D eigenvalue weighted by Crippen LogP contribution is 2.15. The third-order valence-electron chi connectivity index (χ3n) is 3.13. The number of hydrogen-bond donors (Lipinski definition) is 2. The van der Waals surface area contributed by atoms with Crippen LogP contribution in [-0.4, -0.2) is 15.9 Å². The molecular formula is C16H12N4O. The molecule has 0 bridgehead atoms. The summed E-state index contributed by atoms with van der Waals surface area (Å²) in [5.74, 6) is -0.221. The Morgan fingerprint density at radius 2 is 2.10 bits per heavy atom. The lowest BCUT2D eigenvalue weighted by molar-refractivity contribution is 0.102. The van der Waals surface area contributed by atoms with Gasteiger partial charge >= 0.3 is 0 Å². The Morgan fingerprint density at radius 1 is 1.29 bits per heavy atom. The van der Waals surface area contributed by atoms with Crippen LogP contribution >= 0.6 is 0 Å². The summed E-state index contributed by atoms with van der Waals surface area (Å²) in [7, 11) is 0. The van der Waals surface area contributed by atoms with Crippen molar-refractivity contribution in [3.63, 3.8) is 0 Å². The highest BCUT2D eigenvalue weighted by atomic mass is 16.1. The summed E-state index contributed by atoms with van der Waals surface area (Å²) in [5, 5.41) is 11.4. The monoisotopic (exact) mass is 276 g/mol. The zero-order chi connectivity index (χ0) is 14.7. The highest BCUT2D eigenvalue weighted by Gasteiger charge is 2.10. The van der Waals surface area contributed by atoms with Gasteiger partial charge in [0.1, 0.15) is 5.69 Å². The second-order valence-corrected chi connectivity index (χ2v) is 4.61. The van der Waals surface area contributed by atoms with E-state index in [1.54, 1.807) is 24.4 Å². The number of nitrogens with one attached hydrogen (secondary N) is 2. The molecule has 0 unspecified atom stereocenters. The fourth-order valence-electron chi connectivity index (χ4n) is 2.07. The van der Waals surface area contributed by atoms with E-state index in [4.69, 9.17) is 5.26 Å². The molecule has 2 N–H and O–H groups in total. The number of nitriles is 1. The number of amides is 1. The third kappa shape index (κ3) is 2.74. The summed E-state index contributed by atoms with van der Waals surface area (Å²) >= 11 is 0. The van der Waals surface area contributed by atoms with E-state index < -0.39 is 0 Å². The first-order chi connectivity index (χ1) is 10.3. The zero-order valence-corrected chi connectivity index (χ0v) is 11.1. The Morgan fingerprint density at radius 3 is 2.81 bits per heavy atom. The van der Waals surface area contributed by atoms with Crippen LogP contribution in [0.25, 0.3) is 11.0 Å². The summed E-state index contributed by atoms with van der Waals surface area (Å²) in [6.07, 6.45) is 2.05. The summed E-state index contributed by atoms with van der Waals surface area (Å²) < 4.78 is 0. The van der Waals surface area contributed by atoms with E-state index in [9.17, 15) is 4.79 Å². The van der Waals surface area contributed by atoms with Crippen molar-refractivity contribution in [2.75, 3.05) is 5.32 Å². The fourth-order valence-corrected chi connectivity index (χ4v) is 2.07. The van der Waals surface area contributed by atoms with Crippen molar-refractivity contribution in [3.8, 4) is 6.07 Å². The van der Waals surface area contributed by atoms with Crippen molar-refractivity contribution in [2.45, 2.75) is 6.42 Å². The number of pyridine rings is 1. The molecule has 3 rings (SSSR count). The molecule has 0 aliphatic carbocycles. The number of carbonyl (C=O) groups excluding carboxylic acids is 1. The lowest BCUT2D eigenvalue weighted by Gasteiger charge is -2.04. The predicted molar refractivity (Wildman–Crippen MR) is 79.8 cm³/mol. The SMILES string of the molecule is N#CCc1ccc(NC(=O)c2cc3ncccc3[nH]2)cc1. The van der Waals surface area contributed by atoms with Gasteiger partial charge in [-0.25, -0.2) is 0 Å². The van der Waals surface area contributed by atoms with Gasteiger partial charge in [-0.2, -0.15) is 5.26 Å². The molecule has 102 valence electrons. The number of hydrogen-bond acceptors (Lipinski definition) is 3. The van der Waals surface area contributed by atoms with Crippen LogP contribution in [0, 0.1) is 11.3 Å². The largest absolute Gasteiger partial charge is 0.349 e. The molecular weight excluding hydrogens is 264 g/mol. The van der Waals surface area contributed by atoms with Crippen molar-refractivity contribution in [2.24, 2.45) is 0 Å². The van der Waals surface area contributed by atoms with Gasteiger partial charge in [0.05, 0.1) is 23.5 Å². The molecule has 5 heteroatoms. The molecule has 3 aromatic rings. The van der Waals surface area contributed by atoms with E-state index in [2.05, 4.69) is 21.4 Å². The second-order valence-electron chi connectivity index (χ2n) is 4.61. The molecule has 5 nitrogen and oxygen atoms in total. The van der Waals surface area contributed by atoms with E-state index in [0.717, 1.165) is 16.6 Å². The van der Waals surface area contributed by atoms with Crippen LogP contribution in [0.2, 0.25) is 0 Å². The number of nitrogens with zero attached hydrogens (tertiary/aromatic N) is 2. The van der Waals surface area contributed by atoms with Gasteiger partial charge in [-0.05, 0) is 35.9 Å². The van der Waals surface area contributed by atoms with Crippen LogP contribution < -0.4 is 5.32 Å². The minimum absolute atomic E-state index is 0.221. The molecule has 21 heavy (non-hydrogen) atoms. The smallest absolute Gasteiger partial charge is 0.272 e. The Bertz CT molecular complexity index is 794. The quantitative estimate of drug-likeness (QED) is 0.771. The minimum Gasteiger partial charge on any atom is -0.349 e. The Labute approximate surface area is 121 Å². The van der Waals surface area contributed by atoms with E-state index in [1.165, 1.54) is 0 Å². The van der Waals surface area contributed by atoms with Crippen LogP contribution in [0.5, 0.6) is 0 Å². The van der Waals surface area contributed by atoms with Crippen LogP contribution in [0.15, 0.2) is 48.7 Å². The van der Waals surface area contributed by atoms with Gasteiger partial charge < -0.3 is 10.3 Å². The second kappa shape index (κ2) is 5.47. The normalized spacial score (nSPS) is 10.2. The van der Waals surface area contributed by atoms with Gasteiger partial charge in [0.15, 0.2) is 0 Å². The minimum atomic E-state index is -0.221. The highest BCUT2D eigenvalue weighted by molar-refractivity contribution is 6.05. The van der Waals surface area contributed by atoms with Gasteiger partial charge in [-0.1, -0.05) is 12.1 Å². The van der Waals surface area contributed by atoms with Gasteiger partial charge in [0, 0.05) is 11.9 Å². The molecule has 0 radical (unpaired) electrons. The van der Waals surface area contributed by atoms with Crippen molar-refractivity contribution in [1.29, 1.82) is 5.26 Å². The van der Waals surface area contributed by atoms with Gasteiger partial charge in [0.25, 0.3) is 5.91 Å². The maximum absolute atomic E-state index is 12.2. The van der Waals surface area contributed by atoms with Gasteiger partial charge in [-0.15, -0.1) is 0 Å². The summed E-state index contributed by atoms with van der Waals surface area (Å²) in [4.78, 5) is 19.4. The Hall–Kier alpha value is -3.13. The Kier molecular flexibility index (Phi) is 3.36. The zero-order valence-electron chi connectivity index (χ0n) is 11.1. The number of aromatic amines is 1. The number of benzene rings is 1. The fraction of sp³-hybridized carbons (Fsp3) is 0.0625. The molecule has 2 aromatic heterocycles. The molecule has 0 atom stereocenters. The Balaban J connectivity index is 1.78. The van der Waals surface area contributed by atoms with Gasteiger partial charge in [0.2, 0.25) is 0 Å². The van der Waals surface area contributed by atoms with E-state index in [-0.39, 0.29) is 5.91 Å². The predicted octanol–water partition coefficient (Wildman–Crippen LogP) is 2.88. The number of carbonyl (C=O) groups is 1. The van der Waals surface area contributed by atoms with E-state index >= 15 is 0 Å². The van der Waals surface area contributed by atoms with Crippen LogP contribution in [0.3, 0.4) is 0 Å². The van der Waals surface area contributed by atoms with Crippen LogP contribution in [-0.2, 0) is 6.42 Å². The maximum Gasteiger partial charge on any atom is 0.272 e. The van der Waals surface area contributed by atoms with Crippen molar-refractivity contribution in [3.05, 3.63) is 59.9 Å². The molecule has 2 heterocycles. The number of rotatable bonds is 3. The molecule has 0 aliphatic rings. The molecule has 1 aromatic carbocycles. The number of anilines is 1. The number of fused-ring (bicyclic) bond motifs is 1. The first-order valence-electron chi connectivity index (χ1n) is 6.47. The average Bonchev–Trinajstić information content (AvgIpc) is 2.94. The first-order valence-corrected chi connectivity index (χ1v) is 6.47. The van der Waals surface area contributed by atoms with Crippen LogP contribution in [0.1, 0.15) is 16.1 Å². The molecule has 0 aliphatic heterocycles. The topological polar surface area (TPSA) is 81.6 Å². The lowest BCUT2D eigenvalue weighted by Crippen LogP contribution is -2.12. The summed E-state index contributed by atoms with van der Waals surface area (Å²) in [6, 6.07) is 14.7. The summed E-state index contributed by atoms with van der Waals surface area (Å²) in [5.41, 5.74) is 3.66. The molecule has 0 spiro atoms. The van der Waals surface area contributed by atoms with Crippen molar-refractivity contribution in [1.82, 2.24) is 9.97 Å². The number of aromatic nitrogens is 2. The van der Waals surface area contributed by atoms with Crippen molar-refractivity contribution < 1.29 is 4.79 Å². The van der Waals surface area contributed by atoms with E-state index in [1.807, 2.05) is 24.3 Å². The molecule has 0 fully saturated rings. The first kappa shape index (κ1) is 12.9. The standard InChI is InChI=1S/C16H12N4O/c17-8-7-11-3-5-12(6-4-11)19-16(21)15-10-14-13(20-15)2-1-9-18-14/h1-6,9-10,20H,7H2,(H,19,21). The molecule has 0 saturated heterocycles.